The molecule has 0 aliphatic heterocycles. The monoisotopic (exact) mass is 277 g/mol. The molecule has 108 valence electrons. The lowest BCUT2D eigenvalue weighted by Crippen LogP contribution is -2.20. The molecule has 1 N–H and O–H groups in total. The number of rotatable bonds is 6. The Morgan fingerprint density at radius 1 is 1.45 bits per heavy atom. The van der Waals surface area contributed by atoms with E-state index in [1.54, 1.807) is 6.07 Å². The van der Waals surface area contributed by atoms with Gasteiger partial charge in [0.2, 0.25) is 0 Å². The first-order valence-corrected chi connectivity index (χ1v) is 6.71. The zero-order valence-corrected chi connectivity index (χ0v) is 12.1. The number of imidazole rings is 1. The van der Waals surface area contributed by atoms with Crippen molar-refractivity contribution < 1.29 is 9.13 Å². The topological polar surface area (TPSA) is 39.1 Å². The van der Waals surface area contributed by atoms with Gasteiger partial charge in [-0.15, -0.1) is 0 Å². The summed E-state index contributed by atoms with van der Waals surface area (Å²) in [6.45, 7) is 5.67. The quantitative estimate of drug-likeness (QED) is 0.882. The van der Waals surface area contributed by atoms with Crippen LogP contribution in [-0.2, 0) is 13.1 Å². The van der Waals surface area contributed by atoms with Crippen LogP contribution in [0.2, 0.25) is 0 Å². The largest absolute Gasteiger partial charge is 0.494 e. The van der Waals surface area contributed by atoms with Gasteiger partial charge in [-0.3, -0.25) is 0 Å². The molecule has 1 unspecified atom stereocenters. The van der Waals surface area contributed by atoms with Gasteiger partial charge in [-0.05, 0) is 31.5 Å². The van der Waals surface area contributed by atoms with Crippen molar-refractivity contribution in [1.29, 1.82) is 0 Å². The molecule has 0 saturated heterocycles. The molecule has 1 aromatic heterocycles. The third kappa shape index (κ3) is 3.17. The van der Waals surface area contributed by atoms with E-state index in [4.69, 9.17) is 4.74 Å². The molecule has 0 aliphatic carbocycles. The number of hydrogen-bond donors (Lipinski definition) is 1. The molecule has 0 radical (unpaired) electrons. The van der Waals surface area contributed by atoms with Gasteiger partial charge < -0.3 is 14.6 Å². The van der Waals surface area contributed by atoms with Crippen molar-refractivity contribution in [2.24, 2.45) is 0 Å². The summed E-state index contributed by atoms with van der Waals surface area (Å²) in [5, 5.41) is 3.37. The normalized spacial score (nSPS) is 12.4. The summed E-state index contributed by atoms with van der Waals surface area (Å²) >= 11 is 0. The van der Waals surface area contributed by atoms with Crippen LogP contribution in [-0.4, -0.2) is 16.7 Å². The summed E-state index contributed by atoms with van der Waals surface area (Å²) in [5.74, 6) is -0.0674. The first kappa shape index (κ1) is 14.5. The molecule has 4 nitrogen and oxygen atoms in total. The Labute approximate surface area is 118 Å². The Bertz CT molecular complexity index is 568. The number of methoxy groups -OCH3 is 1. The Kier molecular flexibility index (Phi) is 4.74. The highest BCUT2D eigenvalue weighted by Gasteiger charge is 2.10. The van der Waals surface area contributed by atoms with E-state index < -0.39 is 0 Å². The molecule has 0 spiro atoms. The zero-order valence-electron chi connectivity index (χ0n) is 12.1. The van der Waals surface area contributed by atoms with Crippen molar-refractivity contribution in [2.75, 3.05) is 7.11 Å². The van der Waals surface area contributed by atoms with E-state index in [0.717, 1.165) is 17.8 Å². The number of ether oxygens (including phenoxy) is 1. The molecule has 0 amide bonds. The molecule has 5 heteroatoms. The van der Waals surface area contributed by atoms with Crippen LogP contribution in [0.5, 0.6) is 5.75 Å². The number of nitrogens with zero attached hydrogens (tertiary/aromatic N) is 2. The number of benzene rings is 1. The maximum absolute atomic E-state index is 13.7. The highest BCUT2D eigenvalue weighted by molar-refractivity contribution is 5.30. The van der Waals surface area contributed by atoms with Gasteiger partial charge in [0.15, 0.2) is 11.6 Å². The van der Waals surface area contributed by atoms with Crippen molar-refractivity contribution in [3.8, 4) is 5.75 Å². The summed E-state index contributed by atoms with van der Waals surface area (Å²) in [7, 11) is 1.46. The van der Waals surface area contributed by atoms with Gasteiger partial charge in [0.1, 0.15) is 0 Å². The average molecular weight is 277 g/mol. The van der Waals surface area contributed by atoms with Gasteiger partial charge in [0.05, 0.1) is 19.1 Å². The van der Waals surface area contributed by atoms with Crippen molar-refractivity contribution in [2.45, 2.75) is 33.0 Å². The first-order chi connectivity index (χ1) is 9.65. The fourth-order valence-corrected chi connectivity index (χ4v) is 2.11. The lowest BCUT2D eigenvalue weighted by Gasteiger charge is -2.15. The molecule has 1 atom stereocenters. The molecular formula is C15H20FN3O. The van der Waals surface area contributed by atoms with Gasteiger partial charge in [0, 0.05) is 25.3 Å². The fraction of sp³-hybridized carbons (Fsp3) is 0.400. The molecule has 0 saturated carbocycles. The van der Waals surface area contributed by atoms with Crippen molar-refractivity contribution in [3.63, 3.8) is 0 Å². The molecule has 2 aromatic rings. The van der Waals surface area contributed by atoms with Crippen LogP contribution in [0.4, 0.5) is 4.39 Å². The highest BCUT2D eigenvalue weighted by Crippen LogP contribution is 2.21. The number of hydrogen-bond acceptors (Lipinski definition) is 3. The van der Waals surface area contributed by atoms with Crippen molar-refractivity contribution in [3.05, 3.63) is 47.8 Å². The fourth-order valence-electron chi connectivity index (χ4n) is 2.11. The van der Waals surface area contributed by atoms with Gasteiger partial charge in [-0.2, -0.15) is 0 Å². The predicted octanol–water partition coefficient (Wildman–Crippen LogP) is 2.90. The van der Waals surface area contributed by atoms with Crippen LogP contribution >= 0.6 is 0 Å². The summed E-state index contributed by atoms with van der Waals surface area (Å²) in [6.07, 6.45) is 3.66. The van der Waals surface area contributed by atoms with Crippen LogP contribution in [0.3, 0.4) is 0 Å². The number of aromatic nitrogens is 2. The minimum absolute atomic E-state index is 0.0515. The molecule has 0 fully saturated rings. The zero-order chi connectivity index (χ0) is 14.5. The van der Waals surface area contributed by atoms with E-state index in [1.807, 2.05) is 25.5 Å². The second-order valence-corrected chi connectivity index (χ2v) is 4.67. The minimum Gasteiger partial charge on any atom is -0.494 e. The molecular weight excluding hydrogens is 257 g/mol. The number of aryl methyl sites for hydroxylation is 1. The number of halogens is 1. The standard InChI is InChI=1S/C15H20FN3O/c1-4-19-10-17-8-13(19)9-18-11(2)12-5-6-15(20-3)14(16)7-12/h5-8,10-11,18H,4,9H2,1-3H3. The molecule has 0 aliphatic rings. The van der Waals surface area contributed by atoms with Crippen molar-refractivity contribution in [1.82, 2.24) is 14.9 Å². The Hall–Kier alpha value is -1.88. The van der Waals surface area contributed by atoms with Crippen LogP contribution in [0, 0.1) is 5.82 Å². The van der Waals surface area contributed by atoms with Gasteiger partial charge in [-0.25, -0.2) is 9.37 Å². The molecule has 1 heterocycles. The summed E-state index contributed by atoms with van der Waals surface area (Å²) in [5.41, 5.74) is 2.01. The SMILES string of the molecule is CCn1cncc1CNC(C)c1ccc(OC)c(F)c1. The van der Waals surface area contributed by atoms with E-state index >= 15 is 0 Å². The van der Waals surface area contributed by atoms with E-state index in [-0.39, 0.29) is 17.6 Å². The van der Waals surface area contributed by atoms with Crippen molar-refractivity contribution >= 4 is 0 Å². The average Bonchev–Trinajstić information content (AvgIpc) is 2.92. The number of nitrogens with one attached hydrogen (secondary N) is 1. The highest BCUT2D eigenvalue weighted by atomic mass is 19.1. The Morgan fingerprint density at radius 2 is 2.25 bits per heavy atom. The second kappa shape index (κ2) is 6.52. The molecule has 2 rings (SSSR count). The Morgan fingerprint density at radius 3 is 2.90 bits per heavy atom. The van der Waals surface area contributed by atoms with Crippen LogP contribution < -0.4 is 10.1 Å². The predicted molar refractivity (Wildman–Crippen MR) is 76.1 cm³/mol. The van der Waals surface area contributed by atoms with E-state index in [0.29, 0.717) is 6.54 Å². The van der Waals surface area contributed by atoms with Gasteiger partial charge in [0.25, 0.3) is 0 Å². The van der Waals surface area contributed by atoms with Crippen LogP contribution in [0.15, 0.2) is 30.7 Å². The summed E-state index contributed by atoms with van der Waals surface area (Å²) < 4.78 is 20.7. The third-order valence-corrected chi connectivity index (χ3v) is 3.40. The molecule has 20 heavy (non-hydrogen) atoms. The minimum atomic E-state index is -0.336. The van der Waals surface area contributed by atoms with E-state index in [1.165, 1.54) is 13.2 Å². The van der Waals surface area contributed by atoms with Gasteiger partial charge in [-0.1, -0.05) is 6.07 Å². The maximum Gasteiger partial charge on any atom is 0.165 e. The van der Waals surface area contributed by atoms with E-state index in [2.05, 4.69) is 21.8 Å². The lowest BCUT2D eigenvalue weighted by molar-refractivity contribution is 0.385. The summed E-state index contributed by atoms with van der Waals surface area (Å²) in [4.78, 5) is 4.13. The van der Waals surface area contributed by atoms with Gasteiger partial charge >= 0.3 is 0 Å². The van der Waals surface area contributed by atoms with Crippen LogP contribution in [0.25, 0.3) is 0 Å². The first-order valence-electron chi connectivity index (χ1n) is 6.71. The smallest absolute Gasteiger partial charge is 0.165 e. The Balaban J connectivity index is 2.01. The van der Waals surface area contributed by atoms with Crippen LogP contribution in [0.1, 0.15) is 31.1 Å². The lowest BCUT2D eigenvalue weighted by atomic mass is 10.1. The maximum atomic E-state index is 13.7. The second-order valence-electron chi connectivity index (χ2n) is 4.67. The molecule has 0 bridgehead atoms. The third-order valence-electron chi connectivity index (χ3n) is 3.40. The summed E-state index contributed by atoms with van der Waals surface area (Å²) in [6, 6.07) is 5.08. The van der Waals surface area contributed by atoms with E-state index in [9.17, 15) is 4.39 Å². The molecule has 1 aromatic carbocycles.